The van der Waals surface area contributed by atoms with Crippen molar-refractivity contribution in [1.82, 2.24) is 15.5 Å². The van der Waals surface area contributed by atoms with Crippen LogP contribution >= 0.6 is 0 Å². The number of aliphatic imine (C=N–C) groups is 1. The standard InChI is InChI=1S/C19H38N4O3/c1-16(2)18(23-8-13-25-14-9-23)15-22-19(20-3)21-7-4-10-26-17-5-11-24-12-6-17/h16-18H,4-15H2,1-3H3,(H2,20,21,22). The maximum atomic E-state index is 5.91. The van der Waals surface area contributed by atoms with E-state index in [9.17, 15) is 0 Å². The molecular formula is C19H38N4O3. The van der Waals surface area contributed by atoms with Gasteiger partial charge in [0.05, 0.1) is 19.3 Å². The minimum atomic E-state index is 0.376. The smallest absolute Gasteiger partial charge is 0.191 e. The van der Waals surface area contributed by atoms with E-state index in [1.165, 1.54) is 0 Å². The van der Waals surface area contributed by atoms with Gasteiger partial charge in [-0.05, 0) is 25.2 Å². The van der Waals surface area contributed by atoms with Crippen LogP contribution in [0.4, 0.5) is 0 Å². The second-order valence-corrected chi connectivity index (χ2v) is 7.38. The van der Waals surface area contributed by atoms with Gasteiger partial charge in [0.15, 0.2) is 5.96 Å². The number of nitrogens with zero attached hydrogens (tertiary/aromatic N) is 2. The first-order valence-electron chi connectivity index (χ1n) is 10.2. The van der Waals surface area contributed by atoms with Crippen molar-refractivity contribution in [2.45, 2.75) is 45.3 Å². The van der Waals surface area contributed by atoms with E-state index in [1.807, 2.05) is 7.05 Å². The van der Waals surface area contributed by atoms with Gasteiger partial charge in [-0.25, -0.2) is 0 Å². The van der Waals surface area contributed by atoms with E-state index in [0.717, 1.165) is 84.4 Å². The summed E-state index contributed by atoms with van der Waals surface area (Å²) in [6.45, 7) is 12.5. The van der Waals surface area contributed by atoms with E-state index in [0.29, 0.717) is 18.1 Å². The van der Waals surface area contributed by atoms with Crippen molar-refractivity contribution >= 4 is 5.96 Å². The Labute approximate surface area is 158 Å². The van der Waals surface area contributed by atoms with Gasteiger partial charge in [-0.1, -0.05) is 13.8 Å². The molecule has 2 heterocycles. The molecule has 2 N–H and O–H groups in total. The molecule has 0 radical (unpaired) electrons. The van der Waals surface area contributed by atoms with Crippen LogP contribution in [0.1, 0.15) is 33.1 Å². The lowest BCUT2D eigenvalue weighted by Gasteiger charge is -2.37. The number of hydrogen-bond acceptors (Lipinski definition) is 5. The molecule has 0 spiro atoms. The first-order chi connectivity index (χ1) is 12.7. The molecule has 0 aromatic heterocycles. The predicted molar refractivity (Wildman–Crippen MR) is 105 cm³/mol. The van der Waals surface area contributed by atoms with Gasteiger partial charge in [0.25, 0.3) is 0 Å². The third kappa shape index (κ3) is 7.78. The fourth-order valence-corrected chi connectivity index (χ4v) is 3.49. The van der Waals surface area contributed by atoms with Crippen LogP contribution in [0.5, 0.6) is 0 Å². The highest BCUT2D eigenvalue weighted by molar-refractivity contribution is 5.79. The molecule has 26 heavy (non-hydrogen) atoms. The average Bonchev–Trinajstić information content (AvgIpc) is 2.67. The molecule has 0 amide bonds. The molecule has 0 aromatic carbocycles. The van der Waals surface area contributed by atoms with Crippen molar-refractivity contribution in [3.8, 4) is 0 Å². The zero-order chi connectivity index (χ0) is 18.6. The number of hydrogen-bond donors (Lipinski definition) is 2. The summed E-state index contributed by atoms with van der Waals surface area (Å²) in [5, 5.41) is 6.88. The SMILES string of the molecule is CN=C(NCCCOC1CCOCC1)NCC(C(C)C)N1CCOCC1. The molecule has 7 nitrogen and oxygen atoms in total. The predicted octanol–water partition coefficient (Wildman–Crippen LogP) is 1.09. The van der Waals surface area contributed by atoms with Crippen molar-refractivity contribution in [3.63, 3.8) is 0 Å². The van der Waals surface area contributed by atoms with E-state index in [1.54, 1.807) is 0 Å². The second-order valence-electron chi connectivity index (χ2n) is 7.38. The quantitative estimate of drug-likeness (QED) is 0.360. The van der Waals surface area contributed by atoms with Crippen molar-refractivity contribution in [2.75, 3.05) is 66.3 Å². The summed E-state index contributed by atoms with van der Waals surface area (Å²) >= 11 is 0. The van der Waals surface area contributed by atoms with Gasteiger partial charge >= 0.3 is 0 Å². The maximum absolute atomic E-state index is 5.91. The molecule has 0 aliphatic carbocycles. The average molecular weight is 371 g/mol. The Bertz CT molecular complexity index is 394. The van der Waals surface area contributed by atoms with Gasteiger partial charge in [0, 0.05) is 59.1 Å². The molecule has 2 rings (SSSR count). The van der Waals surface area contributed by atoms with Crippen LogP contribution in [0.25, 0.3) is 0 Å². The lowest BCUT2D eigenvalue weighted by atomic mass is 10.0. The lowest BCUT2D eigenvalue weighted by molar-refractivity contribution is -0.0320. The highest BCUT2D eigenvalue weighted by atomic mass is 16.5. The number of morpholine rings is 1. The highest BCUT2D eigenvalue weighted by Gasteiger charge is 2.23. The van der Waals surface area contributed by atoms with Gasteiger partial charge in [-0.2, -0.15) is 0 Å². The zero-order valence-electron chi connectivity index (χ0n) is 16.8. The van der Waals surface area contributed by atoms with Crippen molar-refractivity contribution in [1.29, 1.82) is 0 Å². The Morgan fingerprint density at radius 3 is 2.46 bits per heavy atom. The van der Waals surface area contributed by atoms with Crippen LogP contribution in [0.3, 0.4) is 0 Å². The second kappa shape index (κ2) is 12.5. The van der Waals surface area contributed by atoms with E-state index in [-0.39, 0.29) is 0 Å². The summed E-state index contributed by atoms with van der Waals surface area (Å²) in [5.41, 5.74) is 0. The molecular weight excluding hydrogens is 332 g/mol. The molecule has 1 unspecified atom stereocenters. The highest BCUT2D eigenvalue weighted by Crippen LogP contribution is 2.12. The van der Waals surface area contributed by atoms with Crippen LogP contribution in [0.15, 0.2) is 4.99 Å². The summed E-state index contributed by atoms with van der Waals surface area (Å²) in [6.07, 6.45) is 3.40. The molecule has 7 heteroatoms. The van der Waals surface area contributed by atoms with Crippen LogP contribution in [0, 0.1) is 5.92 Å². The molecule has 2 aliphatic heterocycles. The number of ether oxygens (including phenoxy) is 3. The van der Waals surface area contributed by atoms with Crippen LogP contribution in [-0.4, -0.2) is 89.3 Å². The van der Waals surface area contributed by atoms with E-state index < -0.39 is 0 Å². The van der Waals surface area contributed by atoms with E-state index in [2.05, 4.69) is 34.4 Å². The van der Waals surface area contributed by atoms with Crippen LogP contribution in [0.2, 0.25) is 0 Å². The van der Waals surface area contributed by atoms with Crippen LogP contribution in [-0.2, 0) is 14.2 Å². The van der Waals surface area contributed by atoms with Crippen molar-refractivity contribution < 1.29 is 14.2 Å². The summed E-state index contributed by atoms with van der Waals surface area (Å²) in [6, 6.07) is 0.495. The molecule has 2 aliphatic rings. The number of rotatable bonds is 9. The fraction of sp³-hybridized carbons (Fsp3) is 0.947. The maximum Gasteiger partial charge on any atom is 0.191 e. The molecule has 2 saturated heterocycles. The molecule has 0 bridgehead atoms. The molecule has 1 atom stereocenters. The Kier molecular flexibility index (Phi) is 10.3. The summed E-state index contributed by atoms with van der Waals surface area (Å²) in [5.74, 6) is 1.46. The normalized spacial score (nSPS) is 21.8. The van der Waals surface area contributed by atoms with E-state index >= 15 is 0 Å². The zero-order valence-corrected chi connectivity index (χ0v) is 16.8. The largest absolute Gasteiger partial charge is 0.381 e. The third-order valence-electron chi connectivity index (χ3n) is 5.12. The lowest BCUT2D eigenvalue weighted by Crippen LogP contribution is -2.52. The number of nitrogens with one attached hydrogen (secondary N) is 2. The molecule has 2 fully saturated rings. The fourth-order valence-electron chi connectivity index (χ4n) is 3.49. The summed E-state index contributed by atoms with van der Waals surface area (Å²) < 4.78 is 16.7. The van der Waals surface area contributed by atoms with Crippen molar-refractivity contribution in [2.24, 2.45) is 10.9 Å². The Morgan fingerprint density at radius 2 is 1.81 bits per heavy atom. The topological polar surface area (TPSA) is 67.4 Å². The van der Waals surface area contributed by atoms with Gasteiger partial charge in [0.1, 0.15) is 0 Å². The molecule has 0 saturated carbocycles. The van der Waals surface area contributed by atoms with Gasteiger partial charge in [-0.15, -0.1) is 0 Å². The molecule has 152 valence electrons. The van der Waals surface area contributed by atoms with Crippen LogP contribution < -0.4 is 10.6 Å². The summed E-state index contributed by atoms with van der Waals surface area (Å²) in [4.78, 5) is 6.87. The molecule has 0 aromatic rings. The van der Waals surface area contributed by atoms with Crippen molar-refractivity contribution in [3.05, 3.63) is 0 Å². The first-order valence-corrected chi connectivity index (χ1v) is 10.2. The Balaban J connectivity index is 1.61. The third-order valence-corrected chi connectivity index (χ3v) is 5.12. The number of guanidine groups is 1. The Hall–Kier alpha value is -0.890. The monoisotopic (exact) mass is 370 g/mol. The van der Waals surface area contributed by atoms with Gasteiger partial charge in [-0.3, -0.25) is 9.89 Å². The Morgan fingerprint density at radius 1 is 1.12 bits per heavy atom. The minimum Gasteiger partial charge on any atom is -0.381 e. The first kappa shape index (κ1) is 21.4. The van der Waals surface area contributed by atoms with E-state index in [4.69, 9.17) is 14.2 Å². The van der Waals surface area contributed by atoms with Gasteiger partial charge in [0.2, 0.25) is 0 Å². The summed E-state index contributed by atoms with van der Waals surface area (Å²) in [7, 11) is 1.83. The minimum absolute atomic E-state index is 0.376. The van der Waals surface area contributed by atoms with Gasteiger partial charge < -0.3 is 24.8 Å².